The second-order valence-electron chi connectivity index (χ2n) is 7.47. The number of amides is 2. The molecule has 1 fully saturated rings. The summed E-state index contributed by atoms with van der Waals surface area (Å²) in [6, 6.07) is 11.4. The second kappa shape index (κ2) is 6.72. The van der Waals surface area contributed by atoms with E-state index in [4.69, 9.17) is 0 Å². The van der Waals surface area contributed by atoms with Crippen molar-refractivity contribution in [3.8, 4) is 0 Å². The van der Waals surface area contributed by atoms with Gasteiger partial charge >= 0.3 is 0 Å². The fourth-order valence-corrected chi connectivity index (χ4v) is 4.35. The lowest BCUT2D eigenvalue weighted by Crippen LogP contribution is -2.52. The largest absolute Gasteiger partial charge is 0.351 e. The molecule has 1 N–H and O–H groups in total. The van der Waals surface area contributed by atoms with Gasteiger partial charge in [-0.15, -0.1) is 0 Å². The molecule has 2 aromatic rings. The van der Waals surface area contributed by atoms with Gasteiger partial charge in [-0.05, 0) is 75.1 Å². The summed E-state index contributed by atoms with van der Waals surface area (Å²) >= 11 is 0. The van der Waals surface area contributed by atoms with Crippen LogP contribution in [0.15, 0.2) is 36.4 Å². The van der Waals surface area contributed by atoms with Crippen LogP contribution in [0, 0.1) is 13.8 Å². The van der Waals surface area contributed by atoms with Gasteiger partial charge in [0.15, 0.2) is 0 Å². The van der Waals surface area contributed by atoms with Gasteiger partial charge in [0, 0.05) is 24.3 Å². The smallest absolute Gasteiger partial charge is 0.257 e. The first kappa shape index (κ1) is 17.6. The molecule has 1 saturated heterocycles. The third-order valence-corrected chi connectivity index (χ3v) is 5.46. The van der Waals surface area contributed by atoms with E-state index >= 15 is 0 Å². The van der Waals surface area contributed by atoms with E-state index in [-0.39, 0.29) is 18.0 Å². The van der Waals surface area contributed by atoms with Crippen LogP contribution in [0.4, 0.5) is 11.4 Å². The Bertz CT molecular complexity index is 902. The molecular formula is C22H25N3O2. The van der Waals surface area contributed by atoms with Crippen LogP contribution in [-0.4, -0.2) is 36.0 Å². The monoisotopic (exact) mass is 363 g/mol. The highest BCUT2D eigenvalue weighted by atomic mass is 16.2. The van der Waals surface area contributed by atoms with Crippen LogP contribution in [0.3, 0.4) is 0 Å². The zero-order valence-corrected chi connectivity index (χ0v) is 16.1. The van der Waals surface area contributed by atoms with Crippen molar-refractivity contribution >= 4 is 23.2 Å². The van der Waals surface area contributed by atoms with Gasteiger partial charge in [-0.1, -0.05) is 6.07 Å². The Hall–Kier alpha value is -2.82. The minimum Gasteiger partial charge on any atom is -0.351 e. The molecule has 27 heavy (non-hydrogen) atoms. The maximum absolute atomic E-state index is 12.8. The SMILES string of the molecule is CCN1c2cc(C(=O)Nc3cc(C)cc(C)c3)ccc2C(=O)N2CCCC21. The summed E-state index contributed by atoms with van der Waals surface area (Å²) in [5.74, 6) is -0.0707. The molecule has 2 heterocycles. The van der Waals surface area contributed by atoms with E-state index < -0.39 is 0 Å². The number of carbonyl (C=O) groups excluding carboxylic acids is 2. The first-order valence-electron chi connectivity index (χ1n) is 9.59. The standard InChI is InChI=1S/C22H25N3O2/c1-4-24-19-13-16(21(26)23-17-11-14(2)10-15(3)12-17)7-8-18(19)22(27)25-9-5-6-20(24)25/h7-8,10-13,20H,4-6,9H2,1-3H3,(H,23,26). The Morgan fingerprint density at radius 1 is 1.15 bits per heavy atom. The zero-order valence-electron chi connectivity index (χ0n) is 16.1. The third-order valence-electron chi connectivity index (χ3n) is 5.46. The zero-order chi connectivity index (χ0) is 19.1. The Kier molecular flexibility index (Phi) is 4.38. The lowest BCUT2D eigenvalue weighted by Gasteiger charge is -2.41. The molecule has 0 spiro atoms. The Morgan fingerprint density at radius 2 is 1.89 bits per heavy atom. The minimum absolute atomic E-state index is 0.0819. The molecule has 5 nitrogen and oxygen atoms in total. The molecular weight excluding hydrogens is 338 g/mol. The summed E-state index contributed by atoms with van der Waals surface area (Å²) in [6.45, 7) is 7.75. The topological polar surface area (TPSA) is 52.7 Å². The highest BCUT2D eigenvalue weighted by Gasteiger charge is 2.39. The van der Waals surface area contributed by atoms with E-state index in [9.17, 15) is 9.59 Å². The first-order chi connectivity index (χ1) is 13.0. The average molecular weight is 363 g/mol. The van der Waals surface area contributed by atoms with Gasteiger partial charge in [0.25, 0.3) is 11.8 Å². The number of benzene rings is 2. The van der Waals surface area contributed by atoms with E-state index in [1.807, 2.05) is 36.9 Å². The van der Waals surface area contributed by atoms with Crippen LogP contribution < -0.4 is 10.2 Å². The molecule has 140 valence electrons. The number of carbonyl (C=O) groups is 2. The molecule has 0 aromatic heterocycles. The van der Waals surface area contributed by atoms with Gasteiger partial charge in [-0.25, -0.2) is 0 Å². The molecule has 2 aliphatic heterocycles. The highest BCUT2D eigenvalue weighted by Crippen LogP contribution is 2.36. The van der Waals surface area contributed by atoms with Crippen molar-refractivity contribution in [1.29, 1.82) is 0 Å². The number of nitrogens with zero attached hydrogens (tertiary/aromatic N) is 2. The molecule has 0 radical (unpaired) electrons. The van der Waals surface area contributed by atoms with Crippen molar-refractivity contribution in [2.45, 2.75) is 39.8 Å². The van der Waals surface area contributed by atoms with Crippen molar-refractivity contribution in [2.75, 3.05) is 23.3 Å². The fourth-order valence-electron chi connectivity index (χ4n) is 4.35. The Balaban J connectivity index is 1.66. The molecule has 2 aromatic carbocycles. The van der Waals surface area contributed by atoms with Crippen molar-refractivity contribution in [2.24, 2.45) is 0 Å². The number of aryl methyl sites for hydroxylation is 2. The van der Waals surface area contributed by atoms with E-state index in [0.717, 1.165) is 48.4 Å². The summed E-state index contributed by atoms with van der Waals surface area (Å²) in [5, 5.41) is 2.98. The molecule has 2 amide bonds. The van der Waals surface area contributed by atoms with Gasteiger partial charge in [-0.2, -0.15) is 0 Å². The van der Waals surface area contributed by atoms with Gasteiger partial charge in [0.05, 0.1) is 11.3 Å². The molecule has 4 rings (SSSR count). The van der Waals surface area contributed by atoms with Crippen molar-refractivity contribution in [3.05, 3.63) is 58.7 Å². The van der Waals surface area contributed by atoms with Crippen LogP contribution in [0.1, 0.15) is 51.6 Å². The average Bonchev–Trinajstić information content (AvgIpc) is 3.10. The van der Waals surface area contributed by atoms with Gasteiger partial charge < -0.3 is 15.1 Å². The number of anilines is 2. The van der Waals surface area contributed by atoms with Crippen molar-refractivity contribution < 1.29 is 9.59 Å². The maximum atomic E-state index is 12.8. The lowest BCUT2D eigenvalue weighted by molar-refractivity contribution is 0.0715. The predicted molar refractivity (Wildman–Crippen MR) is 107 cm³/mol. The Labute approximate surface area is 160 Å². The number of rotatable bonds is 3. The fraction of sp³-hybridized carbons (Fsp3) is 0.364. The molecule has 0 saturated carbocycles. The molecule has 0 bridgehead atoms. The van der Waals surface area contributed by atoms with Crippen molar-refractivity contribution in [3.63, 3.8) is 0 Å². The first-order valence-corrected chi connectivity index (χ1v) is 9.59. The van der Waals surface area contributed by atoms with Crippen LogP contribution in [0.2, 0.25) is 0 Å². The summed E-state index contributed by atoms with van der Waals surface area (Å²) < 4.78 is 0. The van der Waals surface area contributed by atoms with E-state index in [1.165, 1.54) is 0 Å². The summed E-state index contributed by atoms with van der Waals surface area (Å²) in [5.41, 5.74) is 5.16. The normalized spacial score (nSPS) is 18.3. The number of fused-ring (bicyclic) bond motifs is 2. The quantitative estimate of drug-likeness (QED) is 0.898. The second-order valence-corrected chi connectivity index (χ2v) is 7.47. The number of hydrogen-bond donors (Lipinski definition) is 1. The summed E-state index contributed by atoms with van der Waals surface area (Å²) in [7, 11) is 0. The van der Waals surface area contributed by atoms with Gasteiger partial charge in [0.1, 0.15) is 6.17 Å². The van der Waals surface area contributed by atoms with E-state index in [1.54, 1.807) is 12.1 Å². The number of hydrogen-bond acceptors (Lipinski definition) is 3. The number of nitrogens with one attached hydrogen (secondary N) is 1. The lowest BCUT2D eigenvalue weighted by atomic mass is 10.0. The molecule has 5 heteroatoms. The predicted octanol–water partition coefficient (Wildman–Crippen LogP) is 3.96. The summed E-state index contributed by atoms with van der Waals surface area (Å²) in [4.78, 5) is 29.8. The van der Waals surface area contributed by atoms with Gasteiger partial charge in [-0.3, -0.25) is 9.59 Å². The Morgan fingerprint density at radius 3 is 2.59 bits per heavy atom. The third kappa shape index (κ3) is 3.07. The molecule has 1 atom stereocenters. The van der Waals surface area contributed by atoms with Crippen molar-refractivity contribution in [1.82, 2.24) is 4.90 Å². The van der Waals surface area contributed by atoms with E-state index in [2.05, 4.69) is 23.2 Å². The summed E-state index contributed by atoms with van der Waals surface area (Å²) in [6.07, 6.45) is 2.13. The van der Waals surface area contributed by atoms with Crippen LogP contribution in [0.5, 0.6) is 0 Å². The molecule has 1 unspecified atom stereocenters. The highest BCUT2D eigenvalue weighted by molar-refractivity contribution is 6.08. The van der Waals surface area contributed by atoms with Gasteiger partial charge in [0.2, 0.25) is 0 Å². The van der Waals surface area contributed by atoms with Crippen LogP contribution in [-0.2, 0) is 0 Å². The van der Waals surface area contributed by atoms with Crippen LogP contribution in [0.25, 0.3) is 0 Å². The van der Waals surface area contributed by atoms with E-state index in [0.29, 0.717) is 11.1 Å². The minimum atomic E-state index is -0.153. The molecule has 2 aliphatic rings. The molecule has 0 aliphatic carbocycles. The van der Waals surface area contributed by atoms with Crippen LogP contribution >= 0.6 is 0 Å². The maximum Gasteiger partial charge on any atom is 0.257 e.